The standard InChI is InChI=1S/C5H13N.Bi/c1-4-6-5(2)3;/h5-6H,4H2,1-3H3;. The van der Waals surface area contributed by atoms with Crippen molar-refractivity contribution in [2.45, 2.75) is 26.8 Å². The third-order valence-electron chi connectivity index (χ3n) is 0.612. The topological polar surface area (TPSA) is 12.0 Å². The summed E-state index contributed by atoms with van der Waals surface area (Å²) in [6.45, 7) is 7.48. The van der Waals surface area contributed by atoms with Crippen molar-refractivity contribution in [1.29, 1.82) is 0 Å². The molecule has 0 aliphatic carbocycles. The summed E-state index contributed by atoms with van der Waals surface area (Å²) in [7, 11) is 0. The largest absolute Gasteiger partial charge is 0.315 e. The maximum absolute atomic E-state index is 3.21. The fraction of sp³-hybridized carbons (Fsp3) is 1.00. The SMILES string of the molecule is CCNC(C)C.[Bi]. The predicted octanol–water partition coefficient (Wildman–Crippen LogP) is 0.623. The van der Waals surface area contributed by atoms with Gasteiger partial charge in [0.25, 0.3) is 0 Å². The van der Waals surface area contributed by atoms with Gasteiger partial charge in [0.15, 0.2) is 0 Å². The minimum Gasteiger partial charge on any atom is -0.315 e. The molecule has 0 fully saturated rings. The van der Waals surface area contributed by atoms with Crippen molar-refractivity contribution in [3.63, 3.8) is 0 Å². The van der Waals surface area contributed by atoms with Crippen molar-refractivity contribution < 1.29 is 0 Å². The van der Waals surface area contributed by atoms with Crippen LogP contribution in [-0.4, -0.2) is 38.8 Å². The number of hydrogen-bond acceptors (Lipinski definition) is 1. The molecule has 0 spiro atoms. The van der Waals surface area contributed by atoms with Crippen LogP contribution in [0.4, 0.5) is 0 Å². The van der Waals surface area contributed by atoms with Crippen LogP contribution in [0.5, 0.6) is 0 Å². The zero-order valence-electron chi connectivity index (χ0n) is 5.23. The second-order valence-corrected chi connectivity index (χ2v) is 1.71. The minimum atomic E-state index is 0. The average Bonchev–Trinajstić information content (AvgIpc) is 1.35. The first-order valence-corrected chi connectivity index (χ1v) is 2.50. The fourth-order valence-electron chi connectivity index (χ4n) is 0.408. The van der Waals surface area contributed by atoms with Gasteiger partial charge in [-0.1, -0.05) is 20.8 Å². The third-order valence-corrected chi connectivity index (χ3v) is 0.612. The molecule has 0 saturated carbocycles. The first kappa shape index (κ1) is 10.8. The van der Waals surface area contributed by atoms with Gasteiger partial charge in [0.2, 0.25) is 0 Å². The van der Waals surface area contributed by atoms with Crippen LogP contribution in [-0.2, 0) is 0 Å². The van der Waals surface area contributed by atoms with Crippen LogP contribution < -0.4 is 5.32 Å². The van der Waals surface area contributed by atoms with Crippen molar-refractivity contribution >= 4 is 26.2 Å². The van der Waals surface area contributed by atoms with Crippen LogP contribution in [0, 0.1) is 0 Å². The van der Waals surface area contributed by atoms with Gasteiger partial charge < -0.3 is 5.32 Å². The van der Waals surface area contributed by atoms with E-state index in [4.69, 9.17) is 0 Å². The van der Waals surface area contributed by atoms with E-state index in [1.54, 1.807) is 0 Å². The monoisotopic (exact) mass is 296 g/mol. The molecule has 2 heteroatoms. The first-order chi connectivity index (χ1) is 2.77. The molecule has 0 atom stereocenters. The smallest absolute Gasteiger partial charge is 0.00102 e. The molecule has 0 bridgehead atoms. The summed E-state index contributed by atoms with van der Waals surface area (Å²) in [5.74, 6) is 0. The molecule has 7 heavy (non-hydrogen) atoms. The van der Waals surface area contributed by atoms with Gasteiger partial charge in [-0.3, -0.25) is 0 Å². The summed E-state index contributed by atoms with van der Waals surface area (Å²) in [5, 5.41) is 3.21. The molecule has 0 amide bonds. The summed E-state index contributed by atoms with van der Waals surface area (Å²) < 4.78 is 0. The van der Waals surface area contributed by atoms with E-state index in [0.717, 1.165) is 6.54 Å². The van der Waals surface area contributed by atoms with Crippen LogP contribution in [0.25, 0.3) is 0 Å². The Hall–Kier alpha value is 0.843. The van der Waals surface area contributed by atoms with Crippen molar-refractivity contribution in [3.05, 3.63) is 0 Å². The van der Waals surface area contributed by atoms with Gasteiger partial charge in [-0.2, -0.15) is 0 Å². The molecule has 1 N–H and O–H groups in total. The molecule has 0 rings (SSSR count). The average molecular weight is 296 g/mol. The molecule has 0 aromatic carbocycles. The Bertz CT molecular complexity index is 29.3. The molecule has 0 aromatic heterocycles. The maximum atomic E-state index is 3.21. The van der Waals surface area contributed by atoms with Crippen molar-refractivity contribution in [2.24, 2.45) is 0 Å². The quantitative estimate of drug-likeness (QED) is 0.737. The Kier molecular flexibility index (Phi) is 10.5. The number of nitrogens with one attached hydrogen (secondary N) is 1. The molecular formula is C5H13BiN. The first-order valence-electron chi connectivity index (χ1n) is 2.50. The second kappa shape index (κ2) is 6.84. The third kappa shape index (κ3) is 10.9. The van der Waals surface area contributed by atoms with Crippen molar-refractivity contribution in [3.8, 4) is 0 Å². The predicted molar refractivity (Wildman–Crippen MR) is 34.6 cm³/mol. The van der Waals surface area contributed by atoms with Gasteiger partial charge in [-0.05, 0) is 6.54 Å². The van der Waals surface area contributed by atoms with Gasteiger partial charge in [-0.25, -0.2) is 0 Å². The van der Waals surface area contributed by atoms with Crippen LogP contribution in [0.1, 0.15) is 20.8 Å². The molecule has 1 nitrogen and oxygen atoms in total. The zero-order valence-corrected chi connectivity index (χ0v) is 8.71. The van der Waals surface area contributed by atoms with Crippen molar-refractivity contribution in [1.82, 2.24) is 5.32 Å². The van der Waals surface area contributed by atoms with Gasteiger partial charge in [-0.15, -0.1) is 0 Å². The van der Waals surface area contributed by atoms with E-state index < -0.39 is 0 Å². The van der Waals surface area contributed by atoms with E-state index in [9.17, 15) is 0 Å². The normalized spacial score (nSPS) is 8.57. The van der Waals surface area contributed by atoms with Crippen molar-refractivity contribution in [2.75, 3.05) is 6.54 Å². The molecule has 0 aromatic rings. The van der Waals surface area contributed by atoms with Gasteiger partial charge >= 0.3 is 0 Å². The van der Waals surface area contributed by atoms with Gasteiger partial charge in [0, 0.05) is 32.2 Å². The Balaban J connectivity index is 0. The van der Waals surface area contributed by atoms with Crippen LogP contribution in [0.2, 0.25) is 0 Å². The Labute approximate surface area is 65.0 Å². The van der Waals surface area contributed by atoms with E-state index in [-0.39, 0.29) is 26.2 Å². The summed E-state index contributed by atoms with van der Waals surface area (Å²) in [5.41, 5.74) is 0. The van der Waals surface area contributed by atoms with Crippen LogP contribution >= 0.6 is 0 Å². The summed E-state index contributed by atoms with van der Waals surface area (Å²) in [6, 6.07) is 0.648. The van der Waals surface area contributed by atoms with E-state index in [1.165, 1.54) is 0 Å². The van der Waals surface area contributed by atoms with E-state index in [2.05, 4.69) is 26.1 Å². The Morgan fingerprint density at radius 2 is 1.86 bits per heavy atom. The molecule has 0 saturated heterocycles. The van der Waals surface area contributed by atoms with Gasteiger partial charge in [0.05, 0.1) is 0 Å². The van der Waals surface area contributed by atoms with Crippen LogP contribution in [0.15, 0.2) is 0 Å². The molecule has 3 radical (unpaired) electrons. The molecule has 0 aliphatic rings. The van der Waals surface area contributed by atoms with E-state index in [0.29, 0.717) is 6.04 Å². The maximum Gasteiger partial charge on any atom is 0.00102 e. The number of hydrogen-bond donors (Lipinski definition) is 1. The summed E-state index contributed by atoms with van der Waals surface area (Å²) >= 11 is 0. The molecule has 0 aliphatic heterocycles. The summed E-state index contributed by atoms with van der Waals surface area (Å²) in [6.07, 6.45) is 0. The van der Waals surface area contributed by atoms with E-state index >= 15 is 0 Å². The molecular weight excluding hydrogens is 283 g/mol. The second-order valence-electron chi connectivity index (χ2n) is 1.71. The Morgan fingerprint density at radius 3 is 1.86 bits per heavy atom. The van der Waals surface area contributed by atoms with E-state index in [1.807, 2.05) is 0 Å². The summed E-state index contributed by atoms with van der Waals surface area (Å²) in [4.78, 5) is 0. The fourth-order valence-corrected chi connectivity index (χ4v) is 0.408. The van der Waals surface area contributed by atoms with Crippen LogP contribution in [0.3, 0.4) is 0 Å². The molecule has 43 valence electrons. The Morgan fingerprint density at radius 1 is 1.43 bits per heavy atom. The molecule has 0 heterocycles. The van der Waals surface area contributed by atoms with Gasteiger partial charge in [0.1, 0.15) is 0 Å². The molecule has 0 unspecified atom stereocenters. The number of rotatable bonds is 2. The zero-order chi connectivity index (χ0) is 4.99. The minimum absolute atomic E-state index is 0.